The van der Waals surface area contributed by atoms with Crippen molar-refractivity contribution < 1.29 is 9.90 Å². The van der Waals surface area contributed by atoms with Gasteiger partial charge in [-0.05, 0) is 19.3 Å². The molecule has 0 aromatic rings. The molecule has 1 aliphatic heterocycles. The van der Waals surface area contributed by atoms with Crippen LogP contribution in [0.4, 0.5) is 0 Å². The molecular weight excluding hydrogens is 192 g/mol. The molecule has 1 N–H and O–H groups in total. The van der Waals surface area contributed by atoms with Gasteiger partial charge < -0.3 is 5.11 Å². The Labute approximate surface area is 90.8 Å². The number of amides is 1. The Morgan fingerprint density at radius 1 is 1.40 bits per heavy atom. The van der Waals surface area contributed by atoms with E-state index in [0.717, 1.165) is 12.8 Å². The molecule has 1 aliphatic carbocycles. The maximum Gasteiger partial charge on any atom is 0.238 e. The summed E-state index contributed by atoms with van der Waals surface area (Å²) in [6.07, 6.45) is 6.12. The van der Waals surface area contributed by atoms with Crippen LogP contribution in [0.25, 0.3) is 0 Å². The number of hydrazine groups is 1. The van der Waals surface area contributed by atoms with Gasteiger partial charge in [0.2, 0.25) is 5.91 Å². The molecular formula is C11H20N2O2. The molecule has 1 spiro atoms. The van der Waals surface area contributed by atoms with Crippen LogP contribution in [-0.4, -0.2) is 46.8 Å². The maximum absolute atomic E-state index is 11.9. The van der Waals surface area contributed by atoms with Gasteiger partial charge >= 0.3 is 0 Å². The van der Waals surface area contributed by atoms with Crippen molar-refractivity contribution in [3.63, 3.8) is 0 Å². The van der Waals surface area contributed by atoms with Gasteiger partial charge in [0.15, 0.2) is 0 Å². The summed E-state index contributed by atoms with van der Waals surface area (Å²) in [4.78, 5) is 11.9. The van der Waals surface area contributed by atoms with Crippen molar-refractivity contribution in [3.05, 3.63) is 0 Å². The van der Waals surface area contributed by atoms with Gasteiger partial charge in [-0.25, -0.2) is 5.01 Å². The van der Waals surface area contributed by atoms with E-state index in [2.05, 4.69) is 5.01 Å². The quantitative estimate of drug-likeness (QED) is 0.751. The highest BCUT2D eigenvalue weighted by Crippen LogP contribution is 2.42. The number of hydrogen-bond donors (Lipinski definition) is 1. The molecule has 0 unspecified atom stereocenters. The van der Waals surface area contributed by atoms with Gasteiger partial charge in [0, 0.05) is 32.2 Å². The molecule has 4 nitrogen and oxygen atoms in total. The molecule has 2 rings (SSSR count). The minimum absolute atomic E-state index is 0.118. The third kappa shape index (κ3) is 1.76. The van der Waals surface area contributed by atoms with Crippen molar-refractivity contribution in [2.45, 2.75) is 44.1 Å². The SMILES string of the molecule is CN1N(CCCO)C(=O)CC12CCCC2. The molecule has 1 heterocycles. The van der Waals surface area contributed by atoms with E-state index in [1.165, 1.54) is 12.8 Å². The van der Waals surface area contributed by atoms with Crippen LogP contribution in [-0.2, 0) is 4.79 Å². The normalized spacial score (nSPS) is 25.7. The van der Waals surface area contributed by atoms with Crippen molar-refractivity contribution in [2.24, 2.45) is 0 Å². The van der Waals surface area contributed by atoms with Crippen LogP contribution in [0.5, 0.6) is 0 Å². The van der Waals surface area contributed by atoms with Crippen LogP contribution in [0.15, 0.2) is 0 Å². The second-order valence-electron chi connectivity index (χ2n) is 4.73. The Hall–Kier alpha value is -0.610. The fourth-order valence-corrected chi connectivity index (χ4v) is 2.94. The Morgan fingerprint density at radius 3 is 2.67 bits per heavy atom. The lowest BCUT2D eigenvalue weighted by molar-refractivity contribution is -0.138. The Bertz CT molecular complexity index is 249. The molecule has 15 heavy (non-hydrogen) atoms. The number of aliphatic hydroxyl groups is 1. The first-order valence-electron chi connectivity index (χ1n) is 5.85. The van der Waals surface area contributed by atoms with E-state index in [0.29, 0.717) is 19.4 Å². The summed E-state index contributed by atoms with van der Waals surface area (Å²) < 4.78 is 0. The zero-order valence-corrected chi connectivity index (χ0v) is 9.41. The van der Waals surface area contributed by atoms with E-state index < -0.39 is 0 Å². The monoisotopic (exact) mass is 212 g/mol. The summed E-state index contributed by atoms with van der Waals surface area (Å²) >= 11 is 0. The van der Waals surface area contributed by atoms with Gasteiger partial charge in [0.05, 0.1) is 0 Å². The minimum atomic E-state index is 0.118. The van der Waals surface area contributed by atoms with Crippen molar-refractivity contribution in [1.29, 1.82) is 0 Å². The van der Waals surface area contributed by atoms with Gasteiger partial charge in [0.25, 0.3) is 0 Å². The average Bonchev–Trinajstić information content (AvgIpc) is 2.75. The van der Waals surface area contributed by atoms with Crippen molar-refractivity contribution in [2.75, 3.05) is 20.2 Å². The highest BCUT2D eigenvalue weighted by molar-refractivity contribution is 5.79. The average molecular weight is 212 g/mol. The molecule has 2 aliphatic rings. The molecule has 1 saturated carbocycles. The predicted molar refractivity (Wildman–Crippen MR) is 57.0 cm³/mol. The minimum Gasteiger partial charge on any atom is -0.396 e. The first-order chi connectivity index (χ1) is 7.19. The number of hydrogen-bond acceptors (Lipinski definition) is 3. The molecule has 4 heteroatoms. The van der Waals surface area contributed by atoms with Crippen LogP contribution >= 0.6 is 0 Å². The molecule has 0 radical (unpaired) electrons. The lowest BCUT2D eigenvalue weighted by Gasteiger charge is -2.35. The van der Waals surface area contributed by atoms with Crippen LogP contribution in [0.1, 0.15) is 38.5 Å². The standard InChI is InChI=1S/C11H20N2O2/c1-12-11(5-2-3-6-11)9-10(15)13(12)7-4-8-14/h14H,2-9H2,1H3. The van der Waals surface area contributed by atoms with E-state index >= 15 is 0 Å². The Morgan fingerprint density at radius 2 is 2.07 bits per heavy atom. The largest absolute Gasteiger partial charge is 0.396 e. The highest BCUT2D eigenvalue weighted by Gasteiger charge is 2.48. The van der Waals surface area contributed by atoms with Crippen molar-refractivity contribution in [1.82, 2.24) is 10.0 Å². The topological polar surface area (TPSA) is 43.8 Å². The predicted octanol–water partition coefficient (Wildman–Crippen LogP) is 0.761. The van der Waals surface area contributed by atoms with Gasteiger partial charge in [-0.3, -0.25) is 9.80 Å². The Balaban J connectivity index is 2.05. The third-order valence-corrected chi connectivity index (χ3v) is 3.88. The molecule has 0 aromatic carbocycles. The fraction of sp³-hybridized carbons (Fsp3) is 0.909. The zero-order chi connectivity index (χ0) is 10.9. The van der Waals surface area contributed by atoms with Crippen molar-refractivity contribution in [3.8, 4) is 0 Å². The first kappa shape index (κ1) is 10.9. The first-order valence-corrected chi connectivity index (χ1v) is 5.85. The molecule has 86 valence electrons. The van der Waals surface area contributed by atoms with E-state index in [9.17, 15) is 4.79 Å². The summed E-state index contributed by atoms with van der Waals surface area (Å²) in [5, 5.41) is 12.8. The van der Waals surface area contributed by atoms with Gasteiger partial charge in [0.1, 0.15) is 0 Å². The van der Waals surface area contributed by atoms with Gasteiger partial charge in [-0.2, -0.15) is 0 Å². The van der Waals surface area contributed by atoms with Crippen LogP contribution in [0, 0.1) is 0 Å². The summed E-state index contributed by atoms with van der Waals surface area (Å²) in [6.45, 7) is 0.818. The number of rotatable bonds is 3. The second kappa shape index (κ2) is 4.10. The molecule has 1 amide bonds. The van der Waals surface area contributed by atoms with Crippen molar-refractivity contribution >= 4 is 5.91 Å². The number of aliphatic hydroxyl groups excluding tert-OH is 1. The third-order valence-electron chi connectivity index (χ3n) is 3.88. The van der Waals surface area contributed by atoms with E-state index in [4.69, 9.17) is 5.11 Å². The van der Waals surface area contributed by atoms with E-state index in [1.807, 2.05) is 12.1 Å². The molecule has 1 saturated heterocycles. The maximum atomic E-state index is 11.9. The zero-order valence-electron chi connectivity index (χ0n) is 9.41. The lowest BCUT2D eigenvalue weighted by atomic mass is 9.94. The van der Waals surface area contributed by atoms with E-state index in [-0.39, 0.29) is 18.1 Å². The van der Waals surface area contributed by atoms with Gasteiger partial charge in [-0.1, -0.05) is 12.8 Å². The molecule has 0 aromatic heterocycles. The lowest BCUT2D eigenvalue weighted by Crippen LogP contribution is -2.46. The van der Waals surface area contributed by atoms with Crippen LogP contribution in [0.3, 0.4) is 0 Å². The molecule has 0 atom stereocenters. The summed E-state index contributed by atoms with van der Waals surface area (Å²) in [5.41, 5.74) is 0.118. The van der Waals surface area contributed by atoms with Crippen LogP contribution in [0.2, 0.25) is 0 Å². The number of carbonyl (C=O) groups excluding carboxylic acids is 1. The highest BCUT2D eigenvalue weighted by atomic mass is 16.3. The van der Waals surface area contributed by atoms with Gasteiger partial charge in [-0.15, -0.1) is 0 Å². The molecule has 0 bridgehead atoms. The summed E-state index contributed by atoms with van der Waals surface area (Å²) in [6, 6.07) is 0. The number of nitrogens with zero attached hydrogens (tertiary/aromatic N) is 2. The van der Waals surface area contributed by atoms with Crippen LogP contribution < -0.4 is 0 Å². The number of carbonyl (C=O) groups is 1. The summed E-state index contributed by atoms with van der Waals surface area (Å²) in [5.74, 6) is 0.229. The van der Waals surface area contributed by atoms with E-state index in [1.54, 1.807) is 0 Å². The Kier molecular flexibility index (Phi) is 2.98. The molecule has 2 fully saturated rings. The second-order valence-corrected chi connectivity index (χ2v) is 4.73. The smallest absolute Gasteiger partial charge is 0.238 e. The fourth-order valence-electron chi connectivity index (χ4n) is 2.94. The summed E-state index contributed by atoms with van der Waals surface area (Å²) in [7, 11) is 2.02.